The van der Waals surface area contributed by atoms with Crippen molar-refractivity contribution in [3.8, 4) is 33.5 Å². The zero-order valence-corrected chi connectivity index (χ0v) is 16.9. The van der Waals surface area contributed by atoms with E-state index in [0.717, 1.165) is 21.8 Å². The van der Waals surface area contributed by atoms with E-state index in [1.807, 2.05) is 36.4 Å². The van der Waals surface area contributed by atoms with Gasteiger partial charge in [0.25, 0.3) is 5.22 Å². The summed E-state index contributed by atoms with van der Waals surface area (Å²) in [5.74, 6) is 2.37. The Bertz CT molecular complexity index is 1060. The van der Waals surface area contributed by atoms with Crippen molar-refractivity contribution in [3.05, 3.63) is 59.6 Å². The maximum Gasteiger partial charge on any atom is 0.277 e. The van der Waals surface area contributed by atoms with Gasteiger partial charge in [-0.3, -0.25) is 0 Å². The Morgan fingerprint density at radius 1 is 0.964 bits per heavy atom. The molecule has 0 aliphatic carbocycles. The highest BCUT2D eigenvalue weighted by Gasteiger charge is 2.13. The molecule has 0 aliphatic rings. The van der Waals surface area contributed by atoms with Gasteiger partial charge in [0, 0.05) is 22.3 Å². The number of rotatable bonds is 7. The molecule has 0 radical (unpaired) electrons. The highest BCUT2D eigenvalue weighted by molar-refractivity contribution is 7.98. The van der Waals surface area contributed by atoms with E-state index >= 15 is 0 Å². The lowest BCUT2D eigenvalue weighted by Gasteiger charge is -2.07. The molecule has 0 aliphatic heterocycles. The molecule has 6 nitrogen and oxygen atoms in total. The summed E-state index contributed by atoms with van der Waals surface area (Å²) in [4.78, 5) is 4.68. The summed E-state index contributed by atoms with van der Waals surface area (Å²) in [6.07, 6.45) is 0. The Morgan fingerprint density at radius 2 is 1.79 bits per heavy atom. The summed E-state index contributed by atoms with van der Waals surface area (Å²) in [6.45, 7) is 0. The van der Waals surface area contributed by atoms with Crippen LogP contribution in [0.1, 0.15) is 5.69 Å². The van der Waals surface area contributed by atoms with E-state index in [9.17, 15) is 0 Å². The Kier molecular flexibility index (Phi) is 5.59. The molecule has 4 rings (SSSR count). The highest BCUT2D eigenvalue weighted by atomic mass is 32.2. The second kappa shape index (κ2) is 8.45. The summed E-state index contributed by atoms with van der Waals surface area (Å²) >= 11 is 3.09. The second-order valence-corrected chi connectivity index (χ2v) is 7.53. The number of aromatic nitrogens is 3. The van der Waals surface area contributed by atoms with Gasteiger partial charge in [0.2, 0.25) is 5.89 Å². The smallest absolute Gasteiger partial charge is 0.277 e. The molecule has 0 bridgehead atoms. The number of benzene rings is 2. The Balaban J connectivity index is 1.44. The standard InChI is InChI=1S/C20H17N3O3S2/c1-24-16-9-8-14(10-17(16)25-2)18-22-23-20(26-18)28-12-15-11-27-19(21-15)13-6-4-3-5-7-13/h3-11H,12H2,1-2H3. The quantitative estimate of drug-likeness (QED) is 0.389. The van der Waals surface area contributed by atoms with Gasteiger partial charge in [-0.25, -0.2) is 4.98 Å². The molecule has 0 fully saturated rings. The van der Waals surface area contributed by atoms with Crippen LogP contribution in [0, 0.1) is 0 Å². The minimum absolute atomic E-state index is 0.437. The number of nitrogens with zero attached hydrogens (tertiary/aromatic N) is 3. The normalized spacial score (nSPS) is 10.8. The second-order valence-electron chi connectivity index (χ2n) is 5.74. The van der Waals surface area contributed by atoms with Crippen LogP contribution >= 0.6 is 23.1 Å². The Labute approximate surface area is 170 Å². The van der Waals surface area contributed by atoms with Crippen LogP contribution in [-0.4, -0.2) is 29.4 Å². The predicted octanol–water partition coefficient (Wildman–Crippen LogP) is 5.17. The van der Waals surface area contributed by atoms with Crippen molar-refractivity contribution in [2.75, 3.05) is 14.2 Å². The van der Waals surface area contributed by atoms with Crippen molar-refractivity contribution in [1.82, 2.24) is 15.2 Å². The fraction of sp³-hybridized carbons (Fsp3) is 0.150. The number of hydrogen-bond acceptors (Lipinski definition) is 8. The van der Waals surface area contributed by atoms with Gasteiger partial charge in [0.1, 0.15) is 5.01 Å². The Hall–Kier alpha value is -2.84. The largest absolute Gasteiger partial charge is 0.493 e. The lowest BCUT2D eigenvalue weighted by molar-refractivity contribution is 0.355. The van der Waals surface area contributed by atoms with Crippen LogP contribution in [0.4, 0.5) is 0 Å². The van der Waals surface area contributed by atoms with Gasteiger partial charge in [-0.15, -0.1) is 21.5 Å². The van der Waals surface area contributed by atoms with E-state index in [-0.39, 0.29) is 0 Å². The van der Waals surface area contributed by atoms with Crippen LogP contribution in [0.2, 0.25) is 0 Å². The van der Waals surface area contributed by atoms with Gasteiger partial charge >= 0.3 is 0 Å². The first-order chi connectivity index (χ1) is 13.8. The van der Waals surface area contributed by atoms with Crippen LogP contribution in [0.3, 0.4) is 0 Å². The lowest BCUT2D eigenvalue weighted by atomic mass is 10.2. The van der Waals surface area contributed by atoms with Crippen LogP contribution in [-0.2, 0) is 5.75 Å². The van der Waals surface area contributed by atoms with Gasteiger partial charge < -0.3 is 13.9 Å². The van der Waals surface area contributed by atoms with Crippen molar-refractivity contribution in [2.45, 2.75) is 11.0 Å². The van der Waals surface area contributed by atoms with Gasteiger partial charge in [0.05, 0.1) is 19.9 Å². The molecular formula is C20H17N3O3S2. The van der Waals surface area contributed by atoms with Crippen molar-refractivity contribution in [1.29, 1.82) is 0 Å². The van der Waals surface area contributed by atoms with Crippen LogP contribution in [0.25, 0.3) is 22.0 Å². The van der Waals surface area contributed by atoms with E-state index in [0.29, 0.717) is 28.4 Å². The molecule has 0 spiro atoms. The topological polar surface area (TPSA) is 70.3 Å². The minimum atomic E-state index is 0.437. The fourth-order valence-electron chi connectivity index (χ4n) is 2.58. The third kappa shape index (κ3) is 4.02. The molecule has 8 heteroatoms. The Morgan fingerprint density at radius 3 is 2.57 bits per heavy atom. The number of ether oxygens (including phenoxy) is 2. The van der Waals surface area contributed by atoms with Gasteiger partial charge in [-0.2, -0.15) is 0 Å². The summed E-state index contributed by atoms with van der Waals surface area (Å²) in [5.41, 5.74) is 2.88. The number of methoxy groups -OCH3 is 2. The third-order valence-corrected chi connectivity index (χ3v) is 5.75. The first-order valence-electron chi connectivity index (χ1n) is 8.45. The zero-order chi connectivity index (χ0) is 19.3. The molecule has 142 valence electrons. The van der Waals surface area contributed by atoms with E-state index in [1.165, 1.54) is 11.8 Å². The maximum atomic E-state index is 5.78. The van der Waals surface area contributed by atoms with Gasteiger partial charge in [0.15, 0.2) is 11.5 Å². The SMILES string of the molecule is COc1ccc(-c2nnc(SCc3csc(-c4ccccc4)n3)o2)cc1OC. The molecule has 0 unspecified atom stereocenters. The monoisotopic (exact) mass is 411 g/mol. The summed E-state index contributed by atoms with van der Waals surface area (Å²) < 4.78 is 16.4. The summed E-state index contributed by atoms with van der Waals surface area (Å²) in [6, 6.07) is 15.6. The number of thioether (sulfide) groups is 1. The van der Waals surface area contributed by atoms with Gasteiger partial charge in [-0.05, 0) is 18.2 Å². The molecule has 2 heterocycles. The van der Waals surface area contributed by atoms with Crippen LogP contribution in [0.15, 0.2) is 63.6 Å². The summed E-state index contributed by atoms with van der Waals surface area (Å²) in [5, 5.41) is 11.8. The molecule has 2 aromatic heterocycles. The van der Waals surface area contributed by atoms with Crippen molar-refractivity contribution < 1.29 is 13.9 Å². The summed E-state index contributed by atoms with van der Waals surface area (Å²) in [7, 11) is 3.19. The van der Waals surface area contributed by atoms with Crippen molar-refractivity contribution >= 4 is 23.1 Å². The van der Waals surface area contributed by atoms with E-state index in [2.05, 4.69) is 32.7 Å². The molecule has 2 aromatic carbocycles. The molecule has 0 amide bonds. The first kappa shape index (κ1) is 18.5. The zero-order valence-electron chi connectivity index (χ0n) is 15.3. The van der Waals surface area contributed by atoms with Crippen molar-refractivity contribution in [3.63, 3.8) is 0 Å². The minimum Gasteiger partial charge on any atom is -0.493 e. The van der Waals surface area contributed by atoms with Gasteiger partial charge in [-0.1, -0.05) is 42.1 Å². The first-order valence-corrected chi connectivity index (χ1v) is 10.3. The van der Waals surface area contributed by atoms with E-state index in [4.69, 9.17) is 13.9 Å². The van der Waals surface area contributed by atoms with E-state index < -0.39 is 0 Å². The molecule has 0 saturated carbocycles. The third-order valence-electron chi connectivity index (χ3n) is 3.95. The van der Waals surface area contributed by atoms with Crippen LogP contribution < -0.4 is 9.47 Å². The maximum absolute atomic E-state index is 5.78. The molecule has 0 N–H and O–H groups in total. The molecule has 4 aromatic rings. The van der Waals surface area contributed by atoms with E-state index in [1.54, 1.807) is 25.6 Å². The lowest BCUT2D eigenvalue weighted by Crippen LogP contribution is -1.90. The average molecular weight is 412 g/mol. The highest BCUT2D eigenvalue weighted by Crippen LogP contribution is 2.33. The molecule has 0 saturated heterocycles. The average Bonchev–Trinajstić information content (AvgIpc) is 3.42. The molecule has 28 heavy (non-hydrogen) atoms. The fourth-order valence-corrected chi connectivity index (χ4v) is 4.16. The predicted molar refractivity (Wildman–Crippen MR) is 110 cm³/mol. The molecular weight excluding hydrogens is 394 g/mol. The molecule has 0 atom stereocenters. The number of hydrogen-bond donors (Lipinski definition) is 0. The number of thiazole rings is 1. The van der Waals surface area contributed by atoms with Crippen LogP contribution in [0.5, 0.6) is 11.5 Å². The van der Waals surface area contributed by atoms with Crippen molar-refractivity contribution in [2.24, 2.45) is 0 Å².